The molecular formula is C11H20N4O. The van der Waals surface area contributed by atoms with E-state index in [0.29, 0.717) is 13.0 Å². The van der Waals surface area contributed by atoms with E-state index in [1.807, 2.05) is 10.7 Å². The molecule has 1 heterocycles. The molecule has 0 spiro atoms. The Labute approximate surface area is 96.0 Å². The average molecular weight is 224 g/mol. The molecule has 3 N–H and O–H groups in total. The number of carbonyl (C=O) groups is 1. The standard InChI is InChI=1S/C11H20N4O/c1-2-3-9-15-10(6-8-13-15)14-11(16)5-4-7-12/h6,8H,2-5,7,9,12H2,1H3,(H,14,16). The number of unbranched alkanes of at least 4 members (excludes halogenated alkanes) is 1. The van der Waals surface area contributed by atoms with Crippen LogP contribution in [0.4, 0.5) is 5.82 Å². The first-order valence-electron chi connectivity index (χ1n) is 5.79. The largest absolute Gasteiger partial charge is 0.330 e. The van der Waals surface area contributed by atoms with Gasteiger partial charge in [0.25, 0.3) is 0 Å². The summed E-state index contributed by atoms with van der Waals surface area (Å²) in [6.45, 7) is 3.52. The van der Waals surface area contributed by atoms with Crippen molar-refractivity contribution >= 4 is 11.7 Å². The first kappa shape index (κ1) is 12.7. The first-order chi connectivity index (χ1) is 7.77. The fourth-order valence-electron chi connectivity index (χ4n) is 1.39. The normalized spacial score (nSPS) is 10.4. The number of hydrogen-bond donors (Lipinski definition) is 2. The predicted octanol–water partition coefficient (Wildman–Crippen LogP) is 1.36. The molecule has 1 amide bonds. The number of anilines is 1. The van der Waals surface area contributed by atoms with E-state index in [-0.39, 0.29) is 5.91 Å². The number of carbonyl (C=O) groups excluding carboxylic acids is 1. The maximum Gasteiger partial charge on any atom is 0.225 e. The highest BCUT2D eigenvalue weighted by atomic mass is 16.1. The topological polar surface area (TPSA) is 72.9 Å². The smallest absolute Gasteiger partial charge is 0.225 e. The van der Waals surface area contributed by atoms with Crippen molar-refractivity contribution in [2.75, 3.05) is 11.9 Å². The highest BCUT2D eigenvalue weighted by Gasteiger charge is 2.06. The molecule has 0 aliphatic carbocycles. The Kier molecular flexibility index (Phi) is 5.56. The Morgan fingerprint density at radius 1 is 1.56 bits per heavy atom. The lowest BCUT2D eigenvalue weighted by atomic mass is 10.3. The average Bonchev–Trinajstić information content (AvgIpc) is 2.71. The molecule has 0 atom stereocenters. The third-order valence-electron chi connectivity index (χ3n) is 2.32. The molecule has 1 rings (SSSR count). The zero-order valence-electron chi connectivity index (χ0n) is 9.78. The van der Waals surface area contributed by atoms with Crippen LogP contribution in [0.1, 0.15) is 32.6 Å². The van der Waals surface area contributed by atoms with Crippen LogP contribution in [0, 0.1) is 0 Å². The van der Waals surface area contributed by atoms with Crippen LogP contribution in [-0.4, -0.2) is 22.2 Å². The third kappa shape index (κ3) is 4.02. The molecule has 0 fully saturated rings. The van der Waals surface area contributed by atoms with E-state index in [1.54, 1.807) is 6.20 Å². The molecule has 0 saturated heterocycles. The number of nitrogens with one attached hydrogen (secondary N) is 1. The molecule has 5 nitrogen and oxygen atoms in total. The highest BCUT2D eigenvalue weighted by Crippen LogP contribution is 2.08. The van der Waals surface area contributed by atoms with Crippen LogP contribution in [0.5, 0.6) is 0 Å². The number of nitrogens with two attached hydrogens (primary N) is 1. The van der Waals surface area contributed by atoms with Gasteiger partial charge >= 0.3 is 0 Å². The Hall–Kier alpha value is -1.36. The molecule has 0 bridgehead atoms. The summed E-state index contributed by atoms with van der Waals surface area (Å²) < 4.78 is 1.82. The molecule has 1 aromatic heterocycles. The number of rotatable bonds is 7. The summed E-state index contributed by atoms with van der Waals surface area (Å²) in [5, 5.41) is 7.00. The maximum atomic E-state index is 11.5. The van der Waals surface area contributed by atoms with E-state index in [2.05, 4.69) is 17.3 Å². The van der Waals surface area contributed by atoms with Crippen molar-refractivity contribution in [2.45, 2.75) is 39.2 Å². The second kappa shape index (κ2) is 7.00. The van der Waals surface area contributed by atoms with E-state index in [9.17, 15) is 4.79 Å². The molecule has 5 heteroatoms. The van der Waals surface area contributed by atoms with Gasteiger partial charge in [-0.2, -0.15) is 5.10 Å². The van der Waals surface area contributed by atoms with E-state index in [1.165, 1.54) is 0 Å². The minimum absolute atomic E-state index is 0.00342. The number of nitrogens with zero attached hydrogens (tertiary/aromatic N) is 2. The highest BCUT2D eigenvalue weighted by molar-refractivity contribution is 5.89. The van der Waals surface area contributed by atoms with Gasteiger partial charge in [0.05, 0.1) is 6.20 Å². The molecule has 16 heavy (non-hydrogen) atoms. The Morgan fingerprint density at radius 3 is 3.06 bits per heavy atom. The molecule has 90 valence electrons. The van der Waals surface area contributed by atoms with Crippen LogP contribution in [0.3, 0.4) is 0 Å². The molecule has 0 aliphatic rings. The van der Waals surface area contributed by atoms with Gasteiger partial charge < -0.3 is 11.1 Å². The van der Waals surface area contributed by atoms with Gasteiger partial charge in [-0.05, 0) is 19.4 Å². The van der Waals surface area contributed by atoms with Crippen LogP contribution >= 0.6 is 0 Å². The van der Waals surface area contributed by atoms with Crippen LogP contribution in [0.2, 0.25) is 0 Å². The third-order valence-corrected chi connectivity index (χ3v) is 2.32. The number of aryl methyl sites for hydroxylation is 1. The molecule has 0 radical (unpaired) electrons. The minimum atomic E-state index is 0.00342. The summed E-state index contributed by atoms with van der Waals surface area (Å²) >= 11 is 0. The fraction of sp³-hybridized carbons (Fsp3) is 0.636. The van der Waals surface area contributed by atoms with Gasteiger partial charge in [0.15, 0.2) is 0 Å². The van der Waals surface area contributed by atoms with Crippen molar-refractivity contribution in [3.8, 4) is 0 Å². The van der Waals surface area contributed by atoms with Gasteiger partial charge in [-0.15, -0.1) is 0 Å². The van der Waals surface area contributed by atoms with Crippen LogP contribution in [-0.2, 0) is 11.3 Å². The summed E-state index contributed by atoms with van der Waals surface area (Å²) in [5.74, 6) is 0.777. The van der Waals surface area contributed by atoms with Crippen molar-refractivity contribution in [1.82, 2.24) is 9.78 Å². The monoisotopic (exact) mass is 224 g/mol. The van der Waals surface area contributed by atoms with Crippen molar-refractivity contribution in [2.24, 2.45) is 5.73 Å². The quantitative estimate of drug-likeness (QED) is 0.734. The van der Waals surface area contributed by atoms with E-state index in [0.717, 1.165) is 31.6 Å². The van der Waals surface area contributed by atoms with Gasteiger partial charge in [0.2, 0.25) is 5.91 Å². The number of aromatic nitrogens is 2. The second-order valence-corrected chi connectivity index (χ2v) is 3.73. The second-order valence-electron chi connectivity index (χ2n) is 3.73. The molecule has 1 aromatic rings. The Bertz CT molecular complexity index is 322. The zero-order valence-corrected chi connectivity index (χ0v) is 9.78. The predicted molar refractivity (Wildman–Crippen MR) is 64.1 cm³/mol. The molecule has 0 unspecified atom stereocenters. The molecule has 0 aromatic carbocycles. The van der Waals surface area contributed by atoms with E-state index in [4.69, 9.17) is 5.73 Å². The van der Waals surface area contributed by atoms with Crippen LogP contribution in [0.25, 0.3) is 0 Å². The summed E-state index contributed by atoms with van der Waals surface area (Å²) in [7, 11) is 0. The summed E-state index contributed by atoms with van der Waals surface area (Å²) in [4.78, 5) is 11.5. The van der Waals surface area contributed by atoms with Crippen molar-refractivity contribution in [1.29, 1.82) is 0 Å². The minimum Gasteiger partial charge on any atom is -0.330 e. The molecule has 0 aliphatic heterocycles. The van der Waals surface area contributed by atoms with Gasteiger partial charge in [0, 0.05) is 19.0 Å². The lowest BCUT2D eigenvalue weighted by Gasteiger charge is -2.07. The fourth-order valence-corrected chi connectivity index (χ4v) is 1.39. The van der Waals surface area contributed by atoms with Crippen molar-refractivity contribution in [3.63, 3.8) is 0 Å². The summed E-state index contributed by atoms with van der Waals surface area (Å²) in [6, 6.07) is 1.82. The van der Waals surface area contributed by atoms with Crippen LogP contribution < -0.4 is 11.1 Å². The number of amides is 1. The lowest BCUT2D eigenvalue weighted by Crippen LogP contribution is -2.16. The van der Waals surface area contributed by atoms with Gasteiger partial charge in [-0.1, -0.05) is 13.3 Å². The van der Waals surface area contributed by atoms with Gasteiger partial charge in [0.1, 0.15) is 5.82 Å². The van der Waals surface area contributed by atoms with E-state index >= 15 is 0 Å². The Balaban J connectivity index is 2.46. The van der Waals surface area contributed by atoms with Gasteiger partial charge in [-0.25, -0.2) is 4.68 Å². The summed E-state index contributed by atoms with van der Waals surface area (Å²) in [5.41, 5.74) is 5.35. The van der Waals surface area contributed by atoms with Gasteiger partial charge in [-0.3, -0.25) is 4.79 Å². The maximum absolute atomic E-state index is 11.5. The molecular weight excluding hydrogens is 204 g/mol. The summed E-state index contributed by atoms with van der Waals surface area (Å²) in [6.07, 6.45) is 5.06. The zero-order chi connectivity index (χ0) is 11.8. The van der Waals surface area contributed by atoms with Crippen molar-refractivity contribution < 1.29 is 4.79 Å². The van der Waals surface area contributed by atoms with Crippen molar-refractivity contribution in [3.05, 3.63) is 12.3 Å². The SMILES string of the molecule is CCCCn1nccc1NC(=O)CCCN. The molecule has 0 saturated carbocycles. The first-order valence-corrected chi connectivity index (χ1v) is 5.79. The van der Waals surface area contributed by atoms with Crippen LogP contribution in [0.15, 0.2) is 12.3 Å². The lowest BCUT2D eigenvalue weighted by molar-refractivity contribution is -0.116. The number of hydrogen-bond acceptors (Lipinski definition) is 3. The van der Waals surface area contributed by atoms with E-state index < -0.39 is 0 Å². The Morgan fingerprint density at radius 2 is 2.38 bits per heavy atom.